The van der Waals surface area contributed by atoms with Crippen LogP contribution in [0.4, 0.5) is 8.78 Å². The highest BCUT2D eigenvalue weighted by molar-refractivity contribution is 6.30. The summed E-state index contributed by atoms with van der Waals surface area (Å²) in [5.41, 5.74) is 2.93. The maximum atomic E-state index is 13.8. The first kappa shape index (κ1) is 18.8. The second-order valence-electron chi connectivity index (χ2n) is 6.48. The monoisotopic (exact) mass is 417 g/mol. The van der Waals surface area contributed by atoms with Crippen molar-refractivity contribution in [3.63, 3.8) is 0 Å². The number of pyridine rings is 1. The van der Waals surface area contributed by atoms with Crippen molar-refractivity contribution >= 4 is 34.2 Å². The highest BCUT2D eigenvalue weighted by atomic mass is 35.5. The zero-order chi connectivity index (χ0) is 19.8. The predicted molar refractivity (Wildman–Crippen MR) is 108 cm³/mol. The molecular weight excluding hydrogens is 403 g/mol. The van der Waals surface area contributed by atoms with Crippen molar-refractivity contribution in [2.75, 3.05) is 0 Å². The Bertz CT molecular complexity index is 1150. The quantitative estimate of drug-likeness (QED) is 0.369. The smallest absolute Gasteiger partial charge is 0.243 e. The van der Waals surface area contributed by atoms with E-state index in [2.05, 4.69) is 10.1 Å². The molecule has 0 aliphatic rings. The number of rotatable bonds is 4. The first-order chi connectivity index (χ1) is 13.4. The van der Waals surface area contributed by atoms with Crippen LogP contribution in [0.15, 0.2) is 54.6 Å². The molecule has 3 nitrogen and oxygen atoms in total. The molecule has 0 aliphatic heterocycles. The Hall–Kier alpha value is -2.50. The largest absolute Gasteiger partial charge is 0.264 e. The van der Waals surface area contributed by atoms with E-state index in [1.54, 1.807) is 41.9 Å². The van der Waals surface area contributed by atoms with Crippen molar-refractivity contribution in [1.29, 1.82) is 0 Å². The molecule has 0 bridgehead atoms. The molecule has 0 unspecified atom stereocenters. The average molecular weight is 418 g/mol. The molecule has 0 amide bonds. The summed E-state index contributed by atoms with van der Waals surface area (Å²) in [4.78, 5) is 4.65. The van der Waals surface area contributed by atoms with E-state index in [1.807, 2.05) is 18.2 Å². The maximum Gasteiger partial charge on any atom is 0.264 e. The SMILES string of the molecule is Cc1nn(Cc2cccc(Cl)c2)c2nc(-c3ccc(Cl)cc3)cc(C(F)F)c12. The molecule has 0 aliphatic carbocycles. The molecule has 0 N–H and O–H groups in total. The van der Waals surface area contributed by atoms with Gasteiger partial charge in [0.05, 0.1) is 23.3 Å². The third-order valence-corrected chi connectivity index (χ3v) is 4.99. The second-order valence-corrected chi connectivity index (χ2v) is 7.35. The Kier molecular flexibility index (Phi) is 5.04. The van der Waals surface area contributed by atoms with Crippen LogP contribution < -0.4 is 0 Å². The summed E-state index contributed by atoms with van der Waals surface area (Å²) in [6.45, 7) is 2.09. The van der Waals surface area contributed by atoms with Crippen LogP contribution in [0.1, 0.15) is 23.2 Å². The van der Waals surface area contributed by atoms with E-state index in [4.69, 9.17) is 23.2 Å². The molecule has 0 atom stereocenters. The lowest BCUT2D eigenvalue weighted by Crippen LogP contribution is -2.04. The molecule has 0 spiro atoms. The molecule has 7 heteroatoms. The number of aryl methyl sites for hydroxylation is 1. The van der Waals surface area contributed by atoms with Crippen LogP contribution in [0.3, 0.4) is 0 Å². The summed E-state index contributed by atoms with van der Waals surface area (Å²) < 4.78 is 29.3. The van der Waals surface area contributed by atoms with E-state index in [-0.39, 0.29) is 5.56 Å². The Labute approximate surface area is 170 Å². The number of hydrogen-bond acceptors (Lipinski definition) is 2. The summed E-state index contributed by atoms with van der Waals surface area (Å²) >= 11 is 12.0. The Morgan fingerprint density at radius 1 is 1.00 bits per heavy atom. The number of nitrogens with zero attached hydrogens (tertiary/aromatic N) is 3. The minimum Gasteiger partial charge on any atom is -0.243 e. The van der Waals surface area contributed by atoms with Gasteiger partial charge in [0.2, 0.25) is 0 Å². The number of hydrogen-bond donors (Lipinski definition) is 0. The maximum absolute atomic E-state index is 13.8. The van der Waals surface area contributed by atoms with Crippen molar-refractivity contribution in [2.24, 2.45) is 0 Å². The predicted octanol–water partition coefficient (Wildman–Crippen LogP) is 6.70. The molecule has 2 heterocycles. The molecule has 2 aromatic heterocycles. The Morgan fingerprint density at radius 2 is 1.75 bits per heavy atom. The van der Waals surface area contributed by atoms with Crippen LogP contribution in [0, 0.1) is 6.92 Å². The van der Waals surface area contributed by atoms with Crippen molar-refractivity contribution < 1.29 is 8.78 Å². The van der Waals surface area contributed by atoms with Gasteiger partial charge in [-0.2, -0.15) is 5.10 Å². The molecule has 28 heavy (non-hydrogen) atoms. The summed E-state index contributed by atoms with van der Waals surface area (Å²) in [5.74, 6) is 0. The summed E-state index contributed by atoms with van der Waals surface area (Å²) in [7, 11) is 0. The lowest BCUT2D eigenvalue weighted by molar-refractivity contribution is 0.153. The first-order valence-corrected chi connectivity index (χ1v) is 9.34. The number of benzene rings is 2. The highest BCUT2D eigenvalue weighted by Crippen LogP contribution is 2.33. The first-order valence-electron chi connectivity index (χ1n) is 8.59. The van der Waals surface area contributed by atoms with Gasteiger partial charge in [-0.05, 0) is 42.8 Å². The zero-order valence-corrected chi connectivity index (χ0v) is 16.3. The normalized spacial score (nSPS) is 11.5. The molecule has 0 saturated heterocycles. The highest BCUT2D eigenvalue weighted by Gasteiger charge is 2.21. The minimum absolute atomic E-state index is 0.0789. The molecule has 0 radical (unpaired) electrons. The van der Waals surface area contributed by atoms with Gasteiger partial charge in [0, 0.05) is 21.2 Å². The number of fused-ring (bicyclic) bond motifs is 1. The van der Waals surface area contributed by atoms with Crippen molar-refractivity contribution in [3.8, 4) is 11.3 Å². The van der Waals surface area contributed by atoms with Crippen LogP contribution >= 0.6 is 23.2 Å². The standard InChI is InChI=1S/C21H15Cl2F2N3/c1-12-19-17(20(24)25)10-18(14-5-7-15(22)8-6-14)26-21(19)28(27-12)11-13-3-2-4-16(23)9-13/h2-10,20H,11H2,1H3. The van der Waals surface area contributed by atoms with Crippen LogP contribution in [-0.4, -0.2) is 14.8 Å². The Morgan fingerprint density at radius 3 is 2.43 bits per heavy atom. The second kappa shape index (κ2) is 7.49. The summed E-state index contributed by atoms with van der Waals surface area (Å²) in [5, 5.41) is 6.02. The molecule has 2 aromatic carbocycles. The van der Waals surface area contributed by atoms with Gasteiger partial charge in [0.1, 0.15) is 0 Å². The van der Waals surface area contributed by atoms with Crippen molar-refractivity contribution in [2.45, 2.75) is 19.9 Å². The number of alkyl halides is 2. The number of aromatic nitrogens is 3. The molecular formula is C21H15Cl2F2N3. The third-order valence-electron chi connectivity index (χ3n) is 4.50. The molecule has 4 rings (SSSR count). The molecule has 0 fully saturated rings. The number of halogens is 4. The third kappa shape index (κ3) is 3.60. The fourth-order valence-electron chi connectivity index (χ4n) is 3.25. The van der Waals surface area contributed by atoms with Crippen LogP contribution in [0.25, 0.3) is 22.3 Å². The van der Waals surface area contributed by atoms with Gasteiger partial charge >= 0.3 is 0 Å². The van der Waals surface area contributed by atoms with Gasteiger partial charge in [-0.25, -0.2) is 18.4 Å². The summed E-state index contributed by atoms with van der Waals surface area (Å²) in [6, 6.07) is 15.7. The van der Waals surface area contributed by atoms with Gasteiger partial charge < -0.3 is 0 Å². The van der Waals surface area contributed by atoms with Crippen molar-refractivity contribution in [3.05, 3.63) is 81.5 Å². The zero-order valence-electron chi connectivity index (χ0n) is 14.8. The van der Waals surface area contributed by atoms with Crippen molar-refractivity contribution in [1.82, 2.24) is 14.8 Å². The van der Waals surface area contributed by atoms with E-state index >= 15 is 0 Å². The van der Waals surface area contributed by atoms with E-state index in [0.717, 1.165) is 5.56 Å². The summed E-state index contributed by atoms with van der Waals surface area (Å²) in [6.07, 6.45) is -2.64. The lowest BCUT2D eigenvalue weighted by Gasteiger charge is -2.09. The Balaban J connectivity index is 1.90. The van der Waals surface area contributed by atoms with E-state index < -0.39 is 6.43 Å². The van der Waals surface area contributed by atoms with Crippen LogP contribution in [-0.2, 0) is 6.54 Å². The lowest BCUT2D eigenvalue weighted by atomic mass is 10.1. The van der Waals surface area contributed by atoms with Gasteiger partial charge in [0.25, 0.3) is 6.43 Å². The van der Waals surface area contributed by atoms with E-state index in [1.165, 1.54) is 6.07 Å². The molecule has 4 aromatic rings. The minimum atomic E-state index is -2.64. The molecule has 0 saturated carbocycles. The average Bonchev–Trinajstić information content (AvgIpc) is 2.97. The molecule has 142 valence electrons. The van der Waals surface area contributed by atoms with E-state index in [0.29, 0.717) is 44.6 Å². The topological polar surface area (TPSA) is 30.7 Å². The fraction of sp³-hybridized carbons (Fsp3) is 0.143. The van der Waals surface area contributed by atoms with Gasteiger partial charge in [0.15, 0.2) is 5.65 Å². The van der Waals surface area contributed by atoms with Gasteiger partial charge in [-0.15, -0.1) is 0 Å². The van der Waals surface area contributed by atoms with E-state index in [9.17, 15) is 8.78 Å². The van der Waals surface area contributed by atoms with Crippen LogP contribution in [0.5, 0.6) is 0 Å². The van der Waals surface area contributed by atoms with Crippen LogP contribution in [0.2, 0.25) is 10.0 Å². The van der Waals surface area contributed by atoms with Gasteiger partial charge in [-0.1, -0.05) is 47.5 Å². The van der Waals surface area contributed by atoms with Gasteiger partial charge in [-0.3, -0.25) is 0 Å². The fourth-order valence-corrected chi connectivity index (χ4v) is 3.58.